The molecule has 0 spiro atoms. The van der Waals surface area contributed by atoms with Gasteiger partial charge in [0.15, 0.2) is 6.61 Å². The van der Waals surface area contributed by atoms with Crippen molar-refractivity contribution in [3.8, 4) is 5.75 Å². The lowest BCUT2D eigenvalue weighted by atomic mass is 10.3. The fourth-order valence-corrected chi connectivity index (χ4v) is 1.77. The summed E-state index contributed by atoms with van der Waals surface area (Å²) in [7, 11) is 1.79. The summed E-state index contributed by atoms with van der Waals surface area (Å²) in [5.74, 6) is 0.425. The molecule has 0 radical (unpaired) electrons. The molecule has 6 heteroatoms. The number of aromatic nitrogens is 2. The van der Waals surface area contributed by atoms with E-state index in [0.717, 1.165) is 4.47 Å². The summed E-state index contributed by atoms with van der Waals surface area (Å²) in [5.41, 5.74) is 0.653. The van der Waals surface area contributed by atoms with Crippen molar-refractivity contribution in [2.75, 3.05) is 11.9 Å². The Balaban J connectivity index is 1.85. The highest BCUT2D eigenvalue weighted by Crippen LogP contribution is 2.17. The number of carbonyl (C=O) groups is 1. The van der Waals surface area contributed by atoms with Crippen LogP contribution in [-0.2, 0) is 11.8 Å². The zero-order valence-electron chi connectivity index (χ0n) is 9.76. The highest BCUT2D eigenvalue weighted by Gasteiger charge is 2.05. The first-order valence-corrected chi connectivity index (χ1v) is 6.09. The third-order valence-electron chi connectivity index (χ3n) is 2.15. The monoisotopic (exact) mass is 309 g/mol. The number of nitrogens with zero attached hydrogens (tertiary/aromatic N) is 2. The van der Waals surface area contributed by atoms with Crippen molar-refractivity contribution in [1.82, 2.24) is 9.78 Å². The molecule has 0 bridgehead atoms. The molecule has 2 aromatic rings. The second kappa shape index (κ2) is 5.68. The number of carbonyl (C=O) groups excluding carboxylic acids is 1. The van der Waals surface area contributed by atoms with Gasteiger partial charge in [0.05, 0.1) is 11.9 Å². The van der Waals surface area contributed by atoms with Crippen molar-refractivity contribution >= 4 is 27.5 Å². The number of aryl methyl sites for hydroxylation is 1. The van der Waals surface area contributed by atoms with Crippen LogP contribution in [0.4, 0.5) is 5.69 Å². The van der Waals surface area contributed by atoms with Crippen molar-refractivity contribution in [2.24, 2.45) is 7.05 Å². The summed E-state index contributed by atoms with van der Waals surface area (Å²) >= 11 is 3.33. The molecule has 1 N–H and O–H groups in total. The van der Waals surface area contributed by atoms with E-state index in [1.807, 2.05) is 12.1 Å². The summed E-state index contributed by atoms with van der Waals surface area (Å²) in [6.45, 7) is -0.0364. The van der Waals surface area contributed by atoms with E-state index in [-0.39, 0.29) is 12.5 Å². The van der Waals surface area contributed by atoms with Crippen LogP contribution in [0.3, 0.4) is 0 Å². The van der Waals surface area contributed by atoms with Crippen molar-refractivity contribution in [3.05, 3.63) is 41.1 Å². The highest BCUT2D eigenvalue weighted by atomic mass is 79.9. The van der Waals surface area contributed by atoms with Crippen molar-refractivity contribution in [1.29, 1.82) is 0 Å². The van der Waals surface area contributed by atoms with Crippen LogP contribution in [0.5, 0.6) is 5.75 Å². The van der Waals surface area contributed by atoms with Gasteiger partial charge in [-0.25, -0.2) is 0 Å². The Hall–Kier alpha value is -1.82. The maximum absolute atomic E-state index is 11.6. The minimum atomic E-state index is -0.219. The van der Waals surface area contributed by atoms with Crippen LogP contribution in [0.2, 0.25) is 0 Å². The fraction of sp³-hybridized carbons (Fsp3) is 0.167. The summed E-state index contributed by atoms with van der Waals surface area (Å²) in [4.78, 5) is 11.6. The van der Waals surface area contributed by atoms with Crippen LogP contribution in [0, 0.1) is 0 Å². The van der Waals surface area contributed by atoms with Gasteiger partial charge in [0.25, 0.3) is 5.91 Å². The normalized spacial score (nSPS) is 10.1. The van der Waals surface area contributed by atoms with Gasteiger partial charge in [-0.2, -0.15) is 5.10 Å². The first kappa shape index (κ1) is 12.6. The van der Waals surface area contributed by atoms with Gasteiger partial charge in [-0.1, -0.05) is 22.0 Å². The Bertz CT molecular complexity index is 554. The molecule has 0 aliphatic rings. The molecule has 1 amide bonds. The number of benzene rings is 1. The highest BCUT2D eigenvalue weighted by molar-refractivity contribution is 9.10. The average molecular weight is 310 g/mol. The maximum Gasteiger partial charge on any atom is 0.262 e. The molecule has 2 rings (SSSR count). The molecule has 1 aromatic carbocycles. The fourth-order valence-electron chi connectivity index (χ4n) is 1.39. The van der Waals surface area contributed by atoms with Crippen LogP contribution < -0.4 is 10.1 Å². The molecule has 0 atom stereocenters. The third kappa shape index (κ3) is 3.59. The van der Waals surface area contributed by atoms with Gasteiger partial charge in [-0.3, -0.25) is 9.48 Å². The van der Waals surface area contributed by atoms with Gasteiger partial charge in [-0.15, -0.1) is 0 Å². The minimum Gasteiger partial charge on any atom is -0.484 e. The summed E-state index contributed by atoms with van der Waals surface area (Å²) in [6, 6.07) is 7.33. The number of anilines is 1. The van der Waals surface area contributed by atoms with Crippen LogP contribution in [0.15, 0.2) is 41.1 Å². The molecule has 0 saturated heterocycles. The van der Waals surface area contributed by atoms with E-state index in [1.54, 1.807) is 36.3 Å². The SMILES string of the molecule is Cn1cc(NC(=O)COc2cccc(Br)c2)cn1. The Labute approximate surface area is 113 Å². The lowest BCUT2D eigenvalue weighted by Gasteiger charge is -2.06. The first-order valence-electron chi connectivity index (χ1n) is 5.30. The third-order valence-corrected chi connectivity index (χ3v) is 2.65. The summed E-state index contributed by atoms with van der Waals surface area (Å²) in [6.07, 6.45) is 3.30. The van der Waals surface area contributed by atoms with Crippen molar-refractivity contribution < 1.29 is 9.53 Å². The first-order chi connectivity index (χ1) is 8.63. The van der Waals surface area contributed by atoms with Crippen LogP contribution in [0.25, 0.3) is 0 Å². The largest absolute Gasteiger partial charge is 0.484 e. The summed E-state index contributed by atoms with van der Waals surface area (Å²) in [5, 5.41) is 6.64. The van der Waals surface area contributed by atoms with E-state index in [1.165, 1.54) is 0 Å². The van der Waals surface area contributed by atoms with Gasteiger partial charge >= 0.3 is 0 Å². The summed E-state index contributed by atoms with van der Waals surface area (Å²) < 4.78 is 7.88. The molecule has 0 aliphatic carbocycles. The topological polar surface area (TPSA) is 56.2 Å². The predicted octanol–water partition coefficient (Wildman–Crippen LogP) is 2.20. The molecule has 94 valence electrons. The molecule has 0 unspecified atom stereocenters. The van der Waals surface area contributed by atoms with E-state index in [9.17, 15) is 4.79 Å². The molecule has 0 aliphatic heterocycles. The zero-order valence-corrected chi connectivity index (χ0v) is 11.3. The molecular weight excluding hydrogens is 298 g/mol. The average Bonchev–Trinajstić information content (AvgIpc) is 2.72. The Kier molecular flexibility index (Phi) is 3.99. The smallest absolute Gasteiger partial charge is 0.262 e. The van der Waals surface area contributed by atoms with Crippen LogP contribution >= 0.6 is 15.9 Å². The van der Waals surface area contributed by atoms with E-state index in [2.05, 4.69) is 26.3 Å². The maximum atomic E-state index is 11.6. The van der Waals surface area contributed by atoms with E-state index in [0.29, 0.717) is 11.4 Å². The van der Waals surface area contributed by atoms with Gasteiger partial charge in [-0.05, 0) is 18.2 Å². The van der Waals surface area contributed by atoms with E-state index >= 15 is 0 Å². The van der Waals surface area contributed by atoms with Gasteiger partial charge in [0.1, 0.15) is 5.75 Å². The number of ether oxygens (including phenoxy) is 1. The Morgan fingerprint density at radius 2 is 2.39 bits per heavy atom. The second-order valence-electron chi connectivity index (χ2n) is 3.70. The number of hydrogen-bond acceptors (Lipinski definition) is 3. The number of amides is 1. The standard InChI is InChI=1S/C12H12BrN3O2/c1-16-7-10(6-14-16)15-12(17)8-18-11-4-2-3-9(13)5-11/h2-7H,8H2,1H3,(H,15,17). The lowest BCUT2D eigenvalue weighted by Crippen LogP contribution is -2.19. The van der Waals surface area contributed by atoms with Crippen molar-refractivity contribution in [3.63, 3.8) is 0 Å². The molecule has 0 saturated carbocycles. The predicted molar refractivity (Wildman–Crippen MR) is 71.5 cm³/mol. The van der Waals surface area contributed by atoms with Gasteiger partial charge in [0, 0.05) is 17.7 Å². The number of nitrogens with one attached hydrogen (secondary N) is 1. The van der Waals surface area contributed by atoms with Crippen LogP contribution in [0.1, 0.15) is 0 Å². The van der Waals surface area contributed by atoms with E-state index in [4.69, 9.17) is 4.74 Å². The number of rotatable bonds is 4. The minimum absolute atomic E-state index is 0.0364. The van der Waals surface area contributed by atoms with Gasteiger partial charge in [0.2, 0.25) is 0 Å². The second-order valence-corrected chi connectivity index (χ2v) is 4.61. The molecule has 1 heterocycles. The zero-order chi connectivity index (χ0) is 13.0. The Morgan fingerprint density at radius 1 is 1.56 bits per heavy atom. The van der Waals surface area contributed by atoms with Crippen molar-refractivity contribution in [2.45, 2.75) is 0 Å². The quantitative estimate of drug-likeness (QED) is 0.942. The number of halogens is 1. The molecule has 1 aromatic heterocycles. The van der Waals surface area contributed by atoms with Gasteiger partial charge < -0.3 is 10.1 Å². The van der Waals surface area contributed by atoms with E-state index < -0.39 is 0 Å². The Morgan fingerprint density at radius 3 is 3.06 bits per heavy atom. The lowest BCUT2D eigenvalue weighted by molar-refractivity contribution is -0.118. The molecule has 18 heavy (non-hydrogen) atoms. The molecular formula is C12H12BrN3O2. The molecule has 0 fully saturated rings. The number of hydrogen-bond donors (Lipinski definition) is 1. The molecule has 5 nitrogen and oxygen atoms in total. The van der Waals surface area contributed by atoms with Crippen LogP contribution in [-0.4, -0.2) is 22.3 Å².